The van der Waals surface area contributed by atoms with Gasteiger partial charge in [-0.1, -0.05) is 22.0 Å². The normalized spacial score (nSPS) is 15.5. The Morgan fingerprint density at radius 2 is 2.19 bits per heavy atom. The summed E-state index contributed by atoms with van der Waals surface area (Å²) in [5, 5.41) is 0.880. The highest BCUT2D eigenvalue weighted by Gasteiger charge is 2.26. The van der Waals surface area contributed by atoms with E-state index in [1.807, 2.05) is 6.20 Å². The molecule has 16 heavy (non-hydrogen) atoms. The maximum Gasteiger partial charge on any atom is 0.128 e. The molecule has 88 valence electrons. The van der Waals surface area contributed by atoms with Crippen LogP contribution in [0.2, 0.25) is 0 Å². The van der Waals surface area contributed by atoms with E-state index in [1.165, 1.54) is 24.9 Å². The Balaban J connectivity index is 2.10. The summed E-state index contributed by atoms with van der Waals surface area (Å²) in [6, 6.07) is 4.82. The van der Waals surface area contributed by atoms with Gasteiger partial charge >= 0.3 is 0 Å². The summed E-state index contributed by atoms with van der Waals surface area (Å²) in [5.41, 5.74) is 1.24. The van der Waals surface area contributed by atoms with Crippen LogP contribution in [0.5, 0.6) is 0 Å². The molecule has 0 saturated heterocycles. The number of halogens is 1. The van der Waals surface area contributed by atoms with Crippen LogP contribution >= 0.6 is 15.9 Å². The number of hydrogen-bond acceptors (Lipinski definition) is 2. The van der Waals surface area contributed by atoms with Gasteiger partial charge < -0.3 is 4.90 Å². The summed E-state index contributed by atoms with van der Waals surface area (Å²) in [6.45, 7) is 5.64. The van der Waals surface area contributed by atoms with E-state index < -0.39 is 0 Å². The van der Waals surface area contributed by atoms with Gasteiger partial charge in [-0.2, -0.15) is 0 Å². The Morgan fingerprint density at radius 1 is 1.44 bits per heavy atom. The summed E-state index contributed by atoms with van der Waals surface area (Å²) >= 11 is 3.44. The third-order valence-electron chi connectivity index (χ3n) is 3.03. The zero-order valence-corrected chi connectivity index (χ0v) is 11.6. The lowest BCUT2D eigenvalue weighted by molar-refractivity contribution is 0.636. The molecule has 3 heteroatoms. The first kappa shape index (κ1) is 11.9. The van der Waals surface area contributed by atoms with Crippen LogP contribution in [-0.4, -0.2) is 17.6 Å². The van der Waals surface area contributed by atoms with Gasteiger partial charge in [0.15, 0.2) is 0 Å². The fourth-order valence-electron chi connectivity index (χ4n) is 1.81. The van der Waals surface area contributed by atoms with Crippen LogP contribution in [0.4, 0.5) is 5.82 Å². The highest BCUT2D eigenvalue weighted by Crippen LogP contribution is 2.31. The summed E-state index contributed by atoms with van der Waals surface area (Å²) in [6.07, 6.45) is 4.75. The molecule has 0 aromatic carbocycles. The van der Waals surface area contributed by atoms with Crippen molar-refractivity contribution in [2.45, 2.75) is 38.1 Å². The van der Waals surface area contributed by atoms with Gasteiger partial charge in [0.05, 0.1) is 0 Å². The molecule has 1 aromatic heterocycles. The molecule has 0 amide bonds. The number of pyridine rings is 1. The Morgan fingerprint density at radius 3 is 2.62 bits per heavy atom. The summed E-state index contributed by atoms with van der Waals surface area (Å²) in [4.78, 5) is 6.96. The third-order valence-corrected chi connectivity index (χ3v) is 3.68. The number of rotatable bonds is 5. The molecule has 2 rings (SSSR count). The maximum atomic E-state index is 4.55. The minimum absolute atomic E-state index is 0.530. The summed E-state index contributed by atoms with van der Waals surface area (Å²) < 4.78 is 0. The van der Waals surface area contributed by atoms with Gasteiger partial charge in [-0.3, -0.25) is 0 Å². The van der Waals surface area contributed by atoms with E-state index >= 15 is 0 Å². The molecule has 0 unspecified atom stereocenters. The Hall–Kier alpha value is -0.570. The Bertz CT molecular complexity index is 330. The van der Waals surface area contributed by atoms with Gasteiger partial charge in [0.2, 0.25) is 0 Å². The van der Waals surface area contributed by atoms with Crippen molar-refractivity contribution in [2.24, 2.45) is 5.92 Å². The van der Waals surface area contributed by atoms with E-state index in [1.54, 1.807) is 0 Å². The average Bonchev–Trinajstić information content (AvgIpc) is 3.09. The van der Waals surface area contributed by atoms with E-state index in [2.05, 4.69) is 51.8 Å². The second-order valence-corrected chi connectivity index (χ2v) is 5.41. The molecule has 2 nitrogen and oxygen atoms in total. The van der Waals surface area contributed by atoms with Gasteiger partial charge in [-0.25, -0.2) is 4.98 Å². The van der Waals surface area contributed by atoms with Crippen LogP contribution in [0.3, 0.4) is 0 Å². The lowest BCUT2D eigenvalue weighted by Crippen LogP contribution is -2.33. The van der Waals surface area contributed by atoms with Crippen LogP contribution in [0.25, 0.3) is 0 Å². The molecular formula is C13H19BrN2. The quantitative estimate of drug-likeness (QED) is 0.767. The van der Waals surface area contributed by atoms with Crippen molar-refractivity contribution in [2.75, 3.05) is 11.4 Å². The number of hydrogen-bond donors (Lipinski definition) is 0. The average molecular weight is 283 g/mol. The largest absolute Gasteiger partial charge is 0.354 e. The van der Waals surface area contributed by atoms with E-state index in [-0.39, 0.29) is 0 Å². The molecule has 0 N–H and O–H groups in total. The third kappa shape index (κ3) is 2.97. The molecule has 1 heterocycles. The Kier molecular flexibility index (Phi) is 3.85. The number of alkyl halides is 1. The zero-order valence-electron chi connectivity index (χ0n) is 9.99. The lowest BCUT2D eigenvalue weighted by Gasteiger charge is -2.28. The van der Waals surface area contributed by atoms with Gasteiger partial charge in [-0.05, 0) is 44.2 Å². The minimum atomic E-state index is 0.530. The van der Waals surface area contributed by atoms with Crippen LogP contribution in [0.1, 0.15) is 32.3 Å². The molecule has 1 aliphatic rings. The molecule has 1 aromatic rings. The van der Waals surface area contributed by atoms with Gasteiger partial charge in [0.1, 0.15) is 5.82 Å². The van der Waals surface area contributed by atoms with Crippen molar-refractivity contribution in [3.63, 3.8) is 0 Å². The van der Waals surface area contributed by atoms with E-state index in [9.17, 15) is 0 Å². The molecule has 1 saturated carbocycles. The first-order chi connectivity index (χ1) is 7.70. The predicted molar refractivity (Wildman–Crippen MR) is 72.1 cm³/mol. The monoisotopic (exact) mass is 282 g/mol. The molecule has 1 aliphatic carbocycles. The van der Waals surface area contributed by atoms with E-state index in [0.29, 0.717) is 6.04 Å². The fourth-order valence-corrected chi connectivity index (χ4v) is 2.14. The maximum absolute atomic E-state index is 4.55. The van der Waals surface area contributed by atoms with Crippen molar-refractivity contribution in [3.8, 4) is 0 Å². The van der Waals surface area contributed by atoms with Crippen molar-refractivity contribution in [1.82, 2.24) is 4.98 Å². The molecule has 0 bridgehead atoms. The molecule has 0 spiro atoms. The molecule has 0 aliphatic heterocycles. The standard InChI is InChI=1S/C13H19BrN2/c1-10(2)16(9-11-3-4-11)13-6-5-12(7-14)8-15-13/h5-6,8,10-11H,3-4,7,9H2,1-2H3. The van der Waals surface area contributed by atoms with Crippen LogP contribution in [0.15, 0.2) is 18.3 Å². The summed E-state index contributed by atoms with van der Waals surface area (Å²) in [7, 11) is 0. The number of nitrogens with zero attached hydrogens (tertiary/aromatic N) is 2. The highest BCUT2D eigenvalue weighted by molar-refractivity contribution is 9.08. The minimum Gasteiger partial charge on any atom is -0.354 e. The molecule has 1 fully saturated rings. The number of anilines is 1. The Labute approximate surface area is 106 Å². The van der Waals surface area contributed by atoms with Crippen LogP contribution in [-0.2, 0) is 5.33 Å². The summed E-state index contributed by atoms with van der Waals surface area (Å²) in [5.74, 6) is 2.02. The number of aromatic nitrogens is 1. The van der Waals surface area contributed by atoms with Crippen molar-refractivity contribution in [1.29, 1.82) is 0 Å². The van der Waals surface area contributed by atoms with Crippen LogP contribution < -0.4 is 4.90 Å². The van der Waals surface area contributed by atoms with Crippen LogP contribution in [0, 0.1) is 5.92 Å². The van der Waals surface area contributed by atoms with E-state index in [4.69, 9.17) is 0 Å². The second kappa shape index (κ2) is 5.17. The van der Waals surface area contributed by atoms with Gasteiger partial charge in [0, 0.05) is 24.1 Å². The first-order valence-corrected chi connectivity index (χ1v) is 7.10. The topological polar surface area (TPSA) is 16.1 Å². The zero-order chi connectivity index (χ0) is 11.5. The molecular weight excluding hydrogens is 264 g/mol. The highest BCUT2D eigenvalue weighted by atomic mass is 79.9. The van der Waals surface area contributed by atoms with Gasteiger partial charge in [-0.15, -0.1) is 0 Å². The SMILES string of the molecule is CC(C)N(CC1CC1)c1ccc(CBr)cn1. The fraction of sp³-hybridized carbons (Fsp3) is 0.615. The predicted octanol–water partition coefficient (Wildman–Crippen LogP) is 3.60. The molecule has 0 radical (unpaired) electrons. The van der Waals surface area contributed by atoms with Crippen molar-refractivity contribution in [3.05, 3.63) is 23.9 Å². The smallest absolute Gasteiger partial charge is 0.128 e. The lowest BCUT2D eigenvalue weighted by atomic mass is 10.2. The van der Waals surface area contributed by atoms with Crippen molar-refractivity contribution >= 4 is 21.7 Å². The second-order valence-electron chi connectivity index (χ2n) is 4.85. The molecule has 0 atom stereocenters. The first-order valence-electron chi connectivity index (χ1n) is 5.98. The van der Waals surface area contributed by atoms with E-state index in [0.717, 1.165) is 17.1 Å². The van der Waals surface area contributed by atoms with Crippen molar-refractivity contribution < 1.29 is 0 Å². The van der Waals surface area contributed by atoms with Gasteiger partial charge in [0.25, 0.3) is 0 Å².